The number of anilines is 2. The Balaban J connectivity index is 1.31. The Morgan fingerprint density at radius 2 is 2.04 bits per heavy atom. The number of ether oxygens (including phenoxy) is 1. The van der Waals surface area contributed by atoms with Crippen molar-refractivity contribution in [1.82, 2.24) is 19.8 Å². The highest BCUT2D eigenvalue weighted by atomic mass is 19.1. The van der Waals surface area contributed by atoms with Crippen molar-refractivity contribution in [2.24, 2.45) is 0 Å². The van der Waals surface area contributed by atoms with Crippen LogP contribution in [0.5, 0.6) is 11.8 Å². The lowest BCUT2D eigenvalue weighted by Gasteiger charge is -2.41. The van der Waals surface area contributed by atoms with Crippen LogP contribution < -0.4 is 14.5 Å². The van der Waals surface area contributed by atoms with Gasteiger partial charge in [-0.2, -0.15) is 9.97 Å². The van der Waals surface area contributed by atoms with E-state index in [0.717, 1.165) is 33.5 Å². The van der Waals surface area contributed by atoms with Gasteiger partial charge < -0.3 is 29.4 Å². The molecule has 2 atom stereocenters. The summed E-state index contributed by atoms with van der Waals surface area (Å²) in [5, 5.41) is 12.6. The van der Waals surface area contributed by atoms with Crippen LogP contribution in [0.2, 0.25) is 0 Å². The van der Waals surface area contributed by atoms with Crippen LogP contribution in [0.15, 0.2) is 48.6 Å². The summed E-state index contributed by atoms with van der Waals surface area (Å²) < 4.78 is 19.0. The second-order valence-corrected chi connectivity index (χ2v) is 12.2. The summed E-state index contributed by atoms with van der Waals surface area (Å²) in [6.45, 7) is 12.1. The number of rotatable bonds is 10. The topological polar surface area (TPSA) is 89.6 Å². The molecule has 1 saturated heterocycles. The van der Waals surface area contributed by atoms with Gasteiger partial charge >= 0.3 is 6.01 Å². The summed E-state index contributed by atoms with van der Waals surface area (Å²) in [4.78, 5) is 34.7. The van der Waals surface area contributed by atoms with Crippen LogP contribution in [0.3, 0.4) is 0 Å². The van der Waals surface area contributed by atoms with Crippen LogP contribution in [-0.2, 0) is 17.8 Å². The Bertz CT molecular complexity index is 1620. The third-order valence-electron chi connectivity index (χ3n) is 9.18. The number of phenols is 1. The highest BCUT2D eigenvalue weighted by Crippen LogP contribution is 2.37. The Morgan fingerprint density at radius 1 is 1.22 bits per heavy atom. The maximum Gasteiger partial charge on any atom is 0.318 e. The molecule has 0 radical (unpaired) electrons. The van der Waals surface area contributed by atoms with Gasteiger partial charge in [-0.05, 0) is 50.8 Å². The van der Waals surface area contributed by atoms with Crippen LogP contribution in [-0.4, -0.2) is 102 Å². The van der Waals surface area contributed by atoms with E-state index in [2.05, 4.69) is 39.6 Å². The zero-order valence-electron chi connectivity index (χ0n) is 25.9. The largest absolute Gasteiger partial charge is 0.508 e. The third kappa shape index (κ3) is 6.66. The van der Waals surface area contributed by atoms with E-state index in [1.54, 1.807) is 11.0 Å². The minimum atomic E-state index is -0.709. The summed E-state index contributed by atoms with van der Waals surface area (Å²) in [5.74, 6) is 0.715. The van der Waals surface area contributed by atoms with Crippen molar-refractivity contribution in [1.29, 1.82) is 0 Å². The smallest absolute Gasteiger partial charge is 0.318 e. The predicted molar refractivity (Wildman–Crippen MR) is 172 cm³/mol. The highest BCUT2D eigenvalue weighted by molar-refractivity contribution is 5.95. The number of carbonyl (C=O) groups is 1. The second-order valence-electron chi connectivity index (χ2n) is 12.2. The van der Waals surface area contributed by atoms with Crippen molar-refractivity contribution < 1.29 is 19.0 Å². The van der Waals surface area contributed by atoms with Gasteiger partial charge in [-0.3, -0.25) is 9.69 Å². The summed E-state index contributed by atoms with van der Waals surface area (Å²) >= 11 is 0. The van der Waals surface area contributed by atoms with Gasteiger partial charge in [-0.15, -0.1) is 0 Å². The van der Waals surface area contributed by atoms with Gasteiger partial charge in [0.1, 0.15) is 30.9 Å². The third-order valence-corrected chi connectivity index (χ3v) is 9.18. The number of aromatic nitrogens is 2. The molecule has 236 valence electrons. The van der Waals surface area contributed by atoms with E-state index in [-0.39, 0.29) is 30.3 Å². The average molecular weight is 614 g/mol. The summed E-state index contributed by atoms with van der Waals surface area (Å²) in [5.41, 5.74) is 2.84. The van der Waals surface area contributed by atoms with Gasteiger partial charge in [0.15, 0.2) is 0 Å². The van der Waals surface area contributed by atoms with E-state index in [1.807, 2.05) is 24.3 Å². The number of allylic oxidation sites excluding steroid dienone is 1. The molecule has 2 fully saturated rings. The molecular weight excluding hydrogens is 573 g/mol. The van der Waals surface area contributed by atoms with Crippen molar-refractivity contribution in [2.45, 2.75) is 50.9 Å². The molecule has 0 spiro atoms. The molecule has 1 saturated carbocycles. The molecule has 0 unspecified atom stereocenters. The van der Waals surface area contributed by atoms with Gasteiger partial charge in [-0.25, -0.2) is 11.0 Å². The van der Waals surface area contributed by atoms with Gasteiger partial charge in [0.25, 0.3) is 0 Å². The molecule has 10 nitrogen and oxygen atoms in total. The Hall–Kier alpha value is -4.43. The van der Waals surface area contributed by atoms with Crippen molar-refractivity contribution in [3.05, 3.63) is 71.2 Å². The Labute approximate surface area is 263 Å². The quantitative estimate of drug-likeness (QED) is 0.269. The number of halogens is 1. The summed E-state index contributed by atoms with van der Waals surface area (Å²) in [6.07, 6.45) is 5.57. The molecule has 1 N–H and O–H groups in total. The number of phenolic OH excluding ortho intramolecular Hbond substituents is 1. The number of hydrogen-bond acceptors (Lipinski definition) is 8. The number of alkyl halides is 1. The van der Waals surface area contributed by atoms with Gasteiger partial charge in [-0.1, -0.05) is 24.3 Å². The first-order chi connectivity index (χ1) is 21.9. The molecular formula is C34H40FN7O3. The van der Waals surface area contributed by atoms with Crippen LogP contribution in [0.4, 0.5) is 15.9 Å². The minimum absolute atomic E-state index is 0.145. The SMILES string of the molecule is [C-]#[N+]C[C@H]1CN(c2nc(OC[C@H](C)N(C)C3CC3)nc3c2CCN(c2cc(O)cc4ccccc24)C3)CCN1C(=O)/C=C/CF. The monoisotopic (exact) mass is 613 g/mol. The molecule has 2 aliphatic heterocycles. The Morgan fingerprint density at radius 3 is 2.82 bits per heavy atom. The number of benzene rings is 2. The maximum atomic E-state index is 12.8. The number of hydrogen-bond donors (Lipinski definition) is 1. The lowest BCUT2D eigenvalue weighted by atomic mass is 10.0. The van der Waals surface area contributed by atoms with Crippen LogP contribution >= 0.6 is 0 Å². The summed E-state index contributed by atoms with van der Waals surface area (Å²) in [6, 6.07) is 12.4. The molecule has 45 heavy (non-hydrogen) atoms. The first-order valence-corrected chi connectivity index (χ1v) is 15.7. The van der Waals surface area contributed by atoms with Crippen molar-refractivity contribution in [3.63, 3.8) is 0 Å². The van der Waals surface area contributed by atoms with Crippen LogP contribution in [0, 0.1) is 6.57 Å². The standard InChI is InChI=1S/C34H40FN7O3/c1-23(39(3)25-10-11-25)22-45-34-37-30-21-40(31-18-27(43)17-24-7-4-5-8-28(24)31)14-12-29(30)33(38-34)41-15-16-42(26(20-41)19-36-2)32(44)9-6-13-35/h4-9,17-18,23,25-26,43H,10-16,19-22H2,1,3H3/b9-6+/t23-,26-/m0/s1. The summed E-state index contributed by atoms with van der Waals surface area (Å²) in [7, 11) is 2.13. The predicted octanol–water partition coefficient (Wildman–Crippen LogP) is 4.22. The van der Waals surface area contributed by atoms with E-state index < -0.39 is 6.67 Å². The molecule has 3 aromatic rings. The first-order valence-electron chi connectivity index (χ1n) is 15.7. The molecule has 3 heterocycles. The van der Waals surface area contributed by atoms with Crippen molar-refractivity contribution in [2.75, 3.05) is 62.9 Å². The minimum Gasteiger partial charge on any atom is -0.508 e. The highest BCUT2D eigenvalue weighted by Gasteiger charge is 2.35. The number of carbonyl (C=O) groups excluding carboxylic acids is 1. The van der Waals surface area contributed by atoms with Crippen molar-refractivity contribution in [3.8, 4) is 11.8 Å². The average Bonchev–Trinajstić information content (AvgIpc) is 3.90. The molecule has 1 aliphatic carbocycles. The molecule has 0 bridgehead atoms. The number of amides is 1. The number of nitrogens with zero attached hydrogens (tertiary/aromatic N) is 7. The molecule has 2 aromatic carbocycles. The molecule has 3 aliphatic rings. The Kier molecular flexibility index (Phi) is 9.03. The fourth-order valence-electron chi connectivity index (χ4n) is 6.45. The fourth-order valence-corrected chi connectivity index (χ4v) is 6.45. The number of aromatic hydroxyl groups is 1. The normalized spacial score (nSPS) is 19.2. The van der Waals surface area contributed by atoms with Crippen LogP contribution in [0.25, 0.3) is 15.6 Å². The first kappa shape index (κ1) is 30.6. The van der Waals surface area contributed by atoms with E-state index in [9.17, 15) is 14.3 Å². The van der Waals surface area contributed by atoms with E-state index in [4.69, 9.17) is 21.3 Å². The zero-order chi connectivity index (χ0) is 31.5. The van der Waals surface area contributed by atoms with Gasteiger partial charge in [0.2, 0.25) is 12.5 Å². The maximum absolute atomic E-state index is 12.8. The number of likely N-dealkylation sites (N-methyl/N-ethyl adjacent to an activating group) is 1. The van der Waals surface area contributed by atoms with E-state index in [0.29, 0.717) is 57.8 Å². The zero-order valence-corrected chi connectivity index (χ0v) is 25.9. The van der Waals surface area contributed by atoms with Gasteiger partial charge in [0, 0.05) is 67.0 Å². The fraction of sp³-hybridized carbons (Fsp3) is 0.471. The molecule has 1 amide bonds. The second kappa shape index (κ2) is 13.3. The number of piperazine rings is 1. The molecule has 6 rings (SSSR count). The number of fused-ring (bicyclic) bond motifs is 2. The van der Waals surface area contributed by atoms with Gasteiger partial charge in [0.05, 0.1) is 12.2 Å². The van der Waals surface area contributed by atoms with E-state index >= 15 is 0 Å². The lowest BCUT2D eigenvalue weighted by Crippen LogP contribution is -2.56. The molecule has 1 aromatic heterocycles. The lowest BCUT2D eigenvalue weighted by molar-refractivity contribution is -0.128. The molecule has 11 heteroatoms. The van der Waals surface area contributed by atoms with Crippen LogP contribution in [0.1, 0.15) is 31.0 Å². The van der Waals surface area contributed by atoms with E-state index in [1.165, 1.54) is 25.0 Å². The van der Waals surface area contributed by atoms with Crippen molar-refractivity contribution >= 4 is 28.2 Å².